The lowest BCUT2D eigenvalue weighted by Gasteiger charge is -2.42. The zero-order valence-electron chi connectivity index (χ0n) is 10.5. The minimum atomic E-state index is -0.118. The molecule has 0 radical (unpaired) electrons. The van der Waals surface area contributed by atoms with Gasteiger partial charge in [-0.3, -0.25) is 9.69 Å². The fraction of sp³-hybridized carbons (Fsp3) is 0.917. The molecule has 5 nitrogen and oxygen atoms in total. The van der Waals surface area contributed by atoms with Crippen molar-refractivity contribution in [2.75, 3.05) is 26.8 Å². The first kappa shape index (κ1) is 12.8. The molecule has 0 aromatic heterocycles. The molecule has 1 aliphatic carbocycles. The summed E-state index contributed by atoms with van der Waals surface area (Å²) in [5.41, 5.74) is 5.92. The van der Waals surface area contributed by atoms with E-state index < -0.39 is 0 Å². The largest absolute Gasteiger partial charge is 0.378 e. The number of amides is 1. The molecule has 5 heteroatoms. The van der Waals surface area contributed by atoms with Gasteiger partial charge >= 0.3 is 0 Å². The molecule has 1 saturated carbocycles. The van der Waals surface area contributed by atoms with Crippen LogP contribution >= 0.6 is 0 Å². The Morgan fingerprint density at radius 1 is 1.35 bits per heavy atom. The standard InChI is InChI=1S/C12H23N3O2/c1-14-12(16)11-8-17-7-6-15(11)10-4-2-9(13)3-5-10/h9-11H,2-8,13H2,1H3,(H,14,16). The van der Waals surface area contributed by atoms with Crippen LogP contribution in [0.15, 0.2) is 0 Å². The quantitative estimate of drug-likeness (QED) is 0.697. The van der Waals surface area contributed by atoms with Gasteiger partial charge in [0.1, 0.15) is 6.04 Å². The van der Waals surface area contributed by atoms with Gasteiger partial charge in [-0.05, 0) is 25.7 Å². The van der Waals surface area contributed by atoms with Crippen molar-refractivity contribution in [1.29, 1.82) is 0 Å². The number of nitrogens with two attached hydrogens (primary N) is 1. The number of likely N-dealkylation sites (N-methyl/N-ethyl adjacent to an activating group) is 1. The smallest absolute Gasteiger partial charge is 0.239 e. The van der Waals surface area contributed by atoms with E-state index in [1.165, 1.54) is 0 Å². The first-order valence-corrected chi connectivity index (χ1v) is 6.53. The first-order chi connectivity index (χ1) is 8.22. The number of rotatable bonds is 2. The summed E-state index contributed by atoms with van der Waals surface area (Å²) in [4.78, 5) is 14.1. The number of ether oxygens (including phenoxy) is 1. The van der Waals surface area contributed by atoms with Gasteiger partial charge in [-0.25, -0.2) is 0 Å². The van der Waals surface area contributed by atoms with E-state index in [1.807, 2.05) is 0 Å². The van der Waals surface area contributed by atoms with Crippen molar-refractivity contribution < 1.29 is 9.53 Å². The van der Waals surface area contributed by atoms with E-state index in [9.17, 15) is 4.79 Å². The van der Waals surface area contributed by atoms with E-state index in [-0.39, 0.29) is 11.9 Å². The van der Waals surface area contributed by atoms with Gasteiger partial charge in [0.2, 0.25) is 5.91 Å². The zero-order valence-corrected chi connectivity index (χ0v) is 10.5. The lowest BCUT2D eigenvalue weighted by atomic mass is 9.89. The number of hydrogen-bond acceptors (Lipinski definition) is 4. The van der Waals surface area contributed by atoms with Crippen LogP contribution in [0.1, 0.15) is 25.7 Å². The van der Waals surface area contributed by atoms with Crippen LogP contribution < -0.4 is 11.1 Å². The summed E-state index contributed by atoms with van der Waals surface area (Å²) in [7, 11) is 1.69. The summed E-state index contributed by atoms with van der Waals surface area (Å²) in [5.74, 6) is 0.0690. The van der Waals surface area contributed by atoms with Crippen LogP contribution in [0.25, 0.3) is 0 Å². The molecule has 1 atom stereocenters. The van der Waals surface area contributed by atoms with E-state index in [0.29, 0.717) is 18.7 Å². The summed E-state index contributed by atoms with van der Waals surface area (Å²) in [6, 6.07) is 0.736. The van der Waals surface area contributed by atoms with Crippen LogP contribution in [0.3, 0.4) is 0 Å². The molecule has 0 aromatic rings. The SMILES string of the molecule is CNC(=O)C1COCCN1C1CCC(N)CC1. The second-order valence-electron chi connectivity index (χ2n) is 5.01. The second-order valence-corrected chi connectivity index (χ2v) is 5.01. The van der Waals surface area contributed by atoms with E-state index in [1.54, 1.807) is 7.05 Å². The number of morpholine rings is 1. The molecular formula is C12H23N3O2. The predicted octanol–water partition coefficient (Wildman–Crippen LogP) is -0.297. The Morgan fingerprint density at radius 2 is 2.06 bits per heavy atom. The monoisotopic (exact) mass is 241 g/mol. The lowest BCUT2D eigenvalue weighted by molar-refractivity contribution is -0.134. The van der Waals surface area contributed by atoms with Gasteiger partial charge in [-0.2, -0.15) is 0 Å². The maximum atomic E-state index is 11.8. The third-order valence-corrected chi connectivity index (χ3v) is 3.93. The molecule has 1 saturated heterocycles. The molecule has 2 rings (SSSR count). The number of nitrogens with zero attached hydrogens (tertiary/aromatic N) is 1. The number of nitrogens with one attached hydrogen (secondary N) is 1. The molecule has 17 heavy (non-hydrogen) atoms. The molecule has 1 aliphatic heterocycles. The Balaban J connectivity index is 1.98. The fourth-order valence-electron chi connectivity index (χ4n) is 2.88. The van der Waals surface area contributed by atoms with Crippen LogP contribution in [0.2, 0.25) is 0 Å². The van der Waals surface area contributed by atoms with Crippen molar-refractivity contribution in [3.63, 3.8) is 0 Å². The minimum absolute atomic E-state index is 0.0690. The highest BCUT2D eigenvalue weighted by molar-refractivity contribution is 5.81. The third-order valence-electron chi connectivity index (χ3n) is 3.93. The van der Waals surface area contributed by atoms with Gasteiger partial charge in [0.25, 0.3) is 0 Å². The molecule has 2 fully saturated rings. The summed E-state index contributed by atoms with van der Waals surface area (Å²) in [6.45, 7) is 2.11. The molecule has 1 amide bonds. The predicted molar refractivity (Wildman–Crippen MR) is 65.6 cm³/mol. The molecule has 0 aromatic carbocycles. The van der Waals surface area contributed by atoms with Crippen LogP contribution in [-0.4, -0.2) is 55.7 Å². The highest BCUT2D eigenvalue weighted by atomic mass is 16.5. The average Bonchev–Trinajstić information content (AvgIpc) is 2.39. The summed E-state index contributed by atoms with van der Waals surface area (Å²) < 4.78 is 5.42. The summed E-state index contributed by atoms with van der Waals surface area (Å²) in [6.07, 6.45) is 4.36. The molecular weight excluding hydrogens is 218 g/mol. The van der Waals surface area contributed by atoms with Crippen molar-refractivity contribution >= 4 is 5.91 Å². The molecule has 0 bridgehead atoms. The summed E-state index contributed by atoms with van der Waals surface area (Å²) in [5, 5.41) is 2.73. The lowest BCUT2D eigenvalue weighted by Crippen LogP contribution is -2.57. The number of carbonyl (C=O) groups excluding carboxylic acids is 1. The molecule has 0 spiro atoms. The van der Waals surface area contributed by atoms with Crippen molar-refractivity contribution in [3.05, 3.63) is 0 Å². The van der Waals surface area contributed by atoms with Gasteiger partial charge in [-0.1, -0.05) is 0 Å². The van der Waals surface area contributed by atoms with Crippen molar-refractivity contribution in [1.82, 2.24) is 10.2 Å². The van der Waals surface area contributed by atoms with Gasteiger partial charge in [-0.15, -0.1) is 0 Å². The van der Waals surface area contributed by atoms with E-state index in [4.69, 9.17) is 10.5 Å². The molecule has 1 heterocycles. The van der Waals surface area contributed by atoms with Crippen molar-refractivity contribution in [2.45, 2.75) is 43.8 Å². The van der Waals surface area contributed by atoms with Crippen molar-refractivity contribution in [2.24, 2.45) is 5.73 Å². The normalized spacial score (nSPS) is 35.5. The first-order valence-electron chi connectivity index (χ1n) is 6.53. The number of hydrogen-bond donors (Lipinski definition) is 2. The second kappa shape index (κ2) is 5.80. The van der Waals surface area contributed by atoms with Gasteiger partial charge in [0.15, 0.2) is 0 Å². The minimum Gasteiger partial charge on any atom is -0.378 e. The molecule has 98 valence electrons. The van der Waals surface area contributed by atoms with Crippen LogP contribution in [0.4, 0.5) is 0 Å². The maximum Gasteiger partial charge on any atom is 0.239 e. The Kier molecular flexibility index (Phi) is 4.36. The van der Waals surface area contributed by atoms with Crippen LogP contribution in [0.5, 0.6) is 0 Å². The number of carbonyl (C=O) groups is 1. The maximum absolute atomic E-state index is 11.8. The zero-order chi connectivity index (χ0) is 12.3. The van der Waals surface area contributed by atoms with Crippen LogP contribution in [0, 0.1) is 0 Å². The Hall–Kier alpha value is -0.650. The van der Waals surface area contributed by atoms with E-state index in [2.05, 4.69) is 10.2 Å². The Labute approximate surface area is 103 Å². The van der Waals surface area contributed by atoms with Gasteiger partial charge in [0.05, 0.1) is 13.2 Å². The molecule has 3 N–H and O–H groups in total. The summed E-state index contributed by atoms with van der Waals surface area (Å²) >= 11 is 0. The van der Waals surface area contributed by atoms with Gasteiger partial charge < -0.3 is 15.8 Å². The van der Waals surface area contributed by atoms with Crippen LogP contribution in [-0.2, 0) is 9.53 Å². The topological polar surface area (TPSA) is 67.6 Å². The highest BCUT2D eigenvalue weighted by Crippen LogP contribution is 2.25. The van der Waals surface area contributed by atoms with Gasteiger partial charge in [0, 0.05) is 25.7 Å². The van der Waals surface area contributed by atoms with E-state index in [0.717, 1.165) is 38.8 Å². The van der Waals surface area contributed by atoms with Crippen molar-refractivity contribution in [3.8, 4) is 0 Å². The average molecular weight is 241 g/mol. The van der Waals surface area contributed by atoms with E-state index >= 15 is 0 Å². The Morgan fingerprint density at radius 3 is 2.71 bits per heavy atom. The highest BCUT2D eigenvalue weighted by Gasteiger charge is 2.35. The molecule has 1 unspecified atom stereocenters. The molecule has 2 aliphatic rings. The fourth-order valence-corrected chi connectivity index (χ4v) is 2.88. The Bertz CT molecular complexity index is 264. The third kappa shape index (κ3) is 2.97.